The van der Waals surface area contributed by atoms with Crippen molar-refractivity contribution >= 4 is 39.7 Å². The second kappa shape index (κ2) is 9.48. The molecule has 0 unspecified atom stereocenters. The molecular weight excluding hydrogens is 428 g/mol. The lowest BCUT2D eigenvalue weighted by Gasteiger charge is -2.23. The van der Waals surface area contributed by atoms with Crippen LogP contribution in [0.25, 0.3) is 22.2 Å². The Balaban J connectivity index is 1.67. The van der Waals surface area contributed by atoms with E-state index in [0.29, 0.717) is 23.1 Å². The number of para-hydroxylation sites is 1. The second-order valence-electron chi connectivity index (χ2n) is 8.61. The first-order chi connectivity index (χ1) is 16.3. The lowest BCUT2D eigenvalue weighted by Crippen LogP contribution is -2.28. The smallest absolute Gasteiger partial charge is 0.230 e. The Kier molecular flexibility index (Phi) is 6.47. The number of nitrogens with one attached hydrogen (secondary N) is 1. The Bertz CT molecular complexity index is 1310. The van der Waals surface area contributed by atoms with Gasteiger partial charge in [-0.15, -0.1) is 0 Å². The Morgan fingerprint density at radius 3 is 2.50 bits per heavy atom. The molecule has 0 aliphatic rings. The number of nitrogen functional groups attached to an aromatic ring is 2. The topological polar surface area (TPSA) is 110 Å². The molecule has 0 fully saturated rings. The van der Waals surface area contributed by atoms with Gasteiger partial charge in [0.15, 0.2) is 11.6 Å². The number of nitrogens with two attached hydrogens (primary N) is 2. The van der Waals surface area contributed by atoms with Crippen molar-refractivity contribution in [3.8, 4) is 17.0 Å². The molecule has 178 valence electrons. The van der Waals surface area contributed by atoms with E-state index >= 15 is 0 Å². The Labute approximate surface area is 200 Å². The number of anilines is 5. The monoisotopic (exact) mass is 460 g/mol. The van der Waals surface area contributed by atoms with Crippen molar-refractivity contribution in [3.63, 3.8) is 0 Å². The minimum absolute atomic E-state index is 0.260. The highest BCUT2D eigenvalue weighted by Gasteiger charge is 2.19. The van der Waals surface area contributed by atoms with Gasteiger partial charge < -0.3 is 35.9 Å². The summed E-state index contributed by atoms with van der Waals surface area (Å²) in [7, 11) is 9.71. The lowest BCUT2D eigenvalue weighted by atomic mass is 10.1. The molecule has 34 heavy (non-hydrogen) atoms. The number of methoxy groups -OCH3 is 1. The van der Waals surface area contributed by atoms with Gasteiger partial charge in [-0.3, -0.25) is 0 Å². The second-order valence-corrected chi connectivity index (χ2v) is 8.61. The van der Waals surface area contributed by atoms with Crippen LogP contribution in [0.3, 0.4) is 0 Å². The van der Waals surface area contributed by atoms with Gasteiger partial charge in [0.1, 0.15) is 5.69 Å². The summed E-state index contributed by atoms with van der Waals surface area (Å²) in [6.45, 7) is 1.81. The fourth-order valence-electron chi connectivity index (χ4n) is 4.02. The van der Waals surface area contributed by atoms with Gasteiger partial charge in [0, 0.05) is 55.5 Å². The van der Waals surface area contributed by atoms with E-state index in [1.165, 1.54) is 0 Å². The van der Waals surface area contributed by atoms with Gasteiger partial charge in [0.05, 0.1) is 18.5 Å². The number of benzene rings is 2. The molecule has 5 N–H and O–H groups in total. The molecule has 0 atom stereocenters. The number of hydrogen-bond acceptors (Lipinski definition) is 8. The van der Waals surface area contributed by atoms with E-state index in [0.717, 1.165) is 40.9 Å². The van der Waals surface area contributed by atoms with E-state index in [9.17, 15) is 0 Å². The molecule has 4 rings (SSSR count). The molecule has 0 amide bonds. The van der Waals surface area contributed by atoms with Crippen molar-refractivity contribution in [2.75, 3.05) is 63.0 Å². The van der Waals surface area contributed by atoms with Crippen LogP contribution in [0, 0.1) is 0 Å². The molecule has 0 bridgehead atoms. The maximum Gasteiger partial charge on any atom is 0.230 e. The van der Waals surface area contributed by atoms with Crippen molar-refractivity contribution in [1.82, 2.24) is 19.4 Å². The average molecular weight is 461 g/mol. The van der Waals surface area contributed by atoms with Crippen LogP contribution < -0.4 is 26.4 Å². The molecule has 0 aliphatic heterocycles. The zero-order valence-electron chi connectivity index (χ0n) is 20.3. The van der Waals surface area contributed by atoms with Gasteiger partial charge in [-0.2, -0.15) is 4.98 Å². The quantitative estimate of drug-likeness (QED) is 0.343. The molecule has 0 spiro atoms. The highest BCUT2D eigenvalue weighted by Crippen LogP contribution is 2.38. The molecule has 4 aromatic rings. The third kappa shape index (κ3) is 4.55. The molecule has 0 saturated carbocycles. The van der Waals surface area contributed by atoms with Crippen LogP contribution >= 0.6 is 0 Å². The molecule has 0 radical (unpaired) electrons. The largest absolute Gasteiger partial charge is 0.491 e. The van der Waals surface area contributed by atoms with Crippen LogP contribution in [0.2, 0.25) is 0 Å². The number of hydrogen-bond donors (Lipinski definition) is 3. The molecule has 0 aliphatic carbocycles. The molecule has 2 aromatic carbocycles. The normalized spacial score (nSPS) is 11.2. The third-order valence-corrected chi connectivity index (χ3v) is 5.83. The zero-order chi connectivity index (χ0) is 24.4. The van der Waals surface area contributed by atoms with Crippen LogP contribution in [-0.4, -0.2) is 60.8 Å². The zero-order valence-corrected chi connectivity index (χ0v) is 20.3. The van der Waals surface area contributed by atoms with Crippen molar-refractivity contribution in [3.05, 3.63) is 48.7 Å². The first-order valence-corrected chi connectivity index (χ1v) is 11.1. The van der Waals surface area contributed by atoms with Crippen LogP contribution in [0.5, 0.6) is 5.75 Å². The predicted octanol–water partition coefficient (Wildman–Crippen LogP) is 3.55. The Morgan fingerprint density at radius 1 is 1.03 bits per heavy atom. The number of likely N-dealkylation sites (N-methyl/N-ethyl adjacent to an activating group) is 2. The van der Waals surface area contributed by atoms with E-state index in [-0.39, 0.29) is 5.82 Å². The molecule has 2 heterocycles. The van der Waals surface area contributed by atoms with Gasteiger partial charge in [0.2, 0.25) is 5.95 Å². The van der Waals surface area contributed by atoms with Crippen molar-refractivity contribution < 1.29 is 4.74 Å². The molecular formula is C25H32N8O. The predicted molar refractivity (Wildman–Crippen MR) is 141 cm³/mol. The number of rotatable bonds is 8. The van der Waals surface area contributed by atoms with Crippen LogP contribution in [0.15, 0.2) is 48.7 Å². The lowest BCUT2D eigenvalue weighted by molar-refractivity contribution is 0.415. The number of ether oxygens (including phenoxy) is 1. The van der Waals surface area contributed by atoms with Crippen LogP contribution in [0.4, 0.5) is 28.8 Å². The summed E-state index contributed by atoms with van der Waals surface area (Å²) < 4.78 is 7.64. The van der Waals surface area contributed by atoms with Gasteiger partial charge in [0.25, 0.3) is 0 Å². The summed E-state index contributed by atoms with van der Waals surface area (Å²) in [5, 5.41) is 4.30. The van der Waals surface area contributed by atoms with Crippen molar-refractivity contribution in [1.29, 1.82) is 0 Å². The minimum Gasteiger partial charge on any atom is -0.491 e. The summed E-state index contributed by atoms with van der Waals surface area (Å²) in [5.74, 6) is 1.07. The highest BCUT2D eigenvalue weighted by atomic mass is 16.5. The van der Waals surface area contributed by atoms with Gasteiger partial charge >= 0.3 is 0 Å². The Morgan fingerprint density at radius 2 is 1.79 bits per heavy atom. The van der Waals surface area contributed by atoms with E-state index in [4.69, 9.17) is 21.2 Å². The van der Waals surface area contributed by atoms with Crippen LogP contribution in [-0.2, 0) is 7.05 Å². The summed E-state index contributed by atoms with van der Waals surface area (Å²) in [4.78, 5) is 13.5. The fourth-order valence-corrected chi connectivity index (χ4v) is 4.02. The number of aromatic nitrogens is 3. The molecule has 9 heteroatoms. The first kappa shape index (κ1) is 23.2. The average Bonchev–Trinajstić information content (AvgIpc) is 3.14. The summed E-state index contributed by atoms with van der Waals surface area (Å²) >= 11 is 0. The van der Waals surface area contributed by atoms with E-state index in [1.807, 2.05) is 50.6 Å². The van der Waals surface area contributed by atoms with E-state index in [2.05, 4.69) is 50.9 Å². The maximum absolute atomic E-state index is 6.36. The summed E-state index contributed by atoms with van der Waals surface area (Å²) in [6.07, 6.45) is 2.02. The molecule has 9 nitrogen and oxygen atoms in total. The molecule has 2 aromatic heterocycles. The number of aryl methyl sites for hydroxylation is 1. The highest BCUT2D eigenvalue weighted by molar-refractivity contribution is 5.97. The van der Waals surface area contributed by atoms with Gasteiger partial charge in [-0.1, -0.05) is 18.2 Å². The third-order valence-electron chi connectivity index (χ3n) is 5.83. The first-order valence-electron chi connectivity index (χ1n) is 11.1. The maximum atomic E-state index is 6.36. The summed E-state index contributed by atoms with van der Waals surface area (Å²) in [5.41, 5.74) is 17.7. The van der Waals surface area contributed by atoms with E-state index < -0.39 is 0 Å². The Hall–Kier alpha value is -3.98. The summed E-state index contributed by atoms with van der Waals surface area (Å²) in [6, 6.07) is 14.0. The fraction of sp³-hybridized carbons (Fsp3) is 0.280. The number of fused-ring (bicyclic) bond motifs is 1. The van der Waals surface area contributed by atoms with Crippen molar-refractivity contribution in [2.45, 2.75) is 0 Å². The van der Waals surface area contributed by atoms with Crippen LogP contribution in [0.1, 0.15) is 0 Å². The standard InChI is InChI=1S/C25H32N8O/c1-31(2)12-13-32(3)21-11-10-16(14-19(21)26)28-25-29-22(23(34-5)24(27)30-25)18-15-33(4)20-9-7-6-8-17(18)20/h6-11,14-15H,12-13,26H2,1-5H3,(H3,27,28,29,30). The van der Waals surface area contributed by atoms with Gasteiger partial charge in [-0.05, 0) is 38.4 Å². The van der Waals surface area contributed by atoms with Gasteiger partial charge in [-0.25, -0.2) is 4.98 Å². The van der Waals surface area contributed by atoms with E-state index in [1.54, 1.807) is 7.11 Å². The molecule has 0 saturated heterocycles. The SMILES string of the molecule is COc1c(N)nc(Nc2ccc(N(C)CCN(C)C)c(N)c2)nc1-c1cn(C)c2ccccc12. The number of nitrogens with zero attached hydrogens (tertiary/aromatic N) is 5. The minimum atomic E-state index is 0.260. The van der Waals surface area contributed by atoms with Crippen molar-refractivity contribution in [2.24, 2.45) is 7.05 Å².